The molecule has 0 radical (unpaired) electrons. The fourth-order valence-corrected chi connectivity index (χ4v) is 4.70. The molecule has 2 aliphatic heterocycles. The molecule has 136 valence electrons. The van der Waals surface area contributed by atoms with E-state index in [0.29, 0.717) is 45.4 Å². The first-order chi connectivity index (χ1) is 12.0. The Labute approximate surface area is 148 Å². The van der Waals surface area contributed by atoms with Crippen LogP contribution in [0.15, 0.2) is 30.3 Å². The largest absolute Gasteiger partial charge is 0.344 e. The van der Waals surface area contributed by atoms with Crippen molar-refractivity contribution in [3.63, 3.8) is 0 Å². The Morgan fingerprint density at radius 1 is 1.12 bits per heavy atom. The number of nitrogens with one attached hydrogen (secondary N) is 1. The molecule has 2 saturated heterocycles. The van der Waals surface area contributed by atoms with Gasteiger partial charge >= 0.3 is 0 Å². The fraction of sp³-hybridized carbons (Fsp3) is 0.529. The Morgan fingerprint density at radius 3 is 2.40 bits per heavy atom. The Bertz CT molecular complexity index is 728. The van der Waals surface area contributed by atoms with Crippen LogP contribution in [0.2, 0.25) is 0 Å². The lowest BCUT2D eigenvalue weighted by molar-refractivity contribution is -0.135. The molecule has 0 saturated carbocycles. The van der Waals surface area contributed by atoms with Gasteiger partial charge in [0.1, 0.15) is 6.04 Å². The minimum atomic E-state index is -3.33. The van der Waals surface area contributed by atoms with Crippen LogP contribution in [-0.2, 0) is 26.0 Å². The quantitative estimate of drug-likeness (QED) is 0.795. The van der Waals surface area contributed by atoms with Gasteiger partial charge in [-0.25, -0.2) is 8.42 Å². The third-order valence-electron chi connectivity index (χ3n) is 4.73. The number of piperazine rings is 1. The number of rotatable bonds is 5. The predicted molar refractivity (Wildman–Crippen MR) is 93.3 cm³/mol. The summed E-state index contributed by atoms with van der Waals surface area (Å²) >= 11 is 0. The average molecular weight is 365 g/mol. The highest BCUT2D eigenvalue weighted by atomic mass is 32.2. The molecule has 0 aromatic heterocycles. The molecule has 1 atom stereocenters. The number of carbonyl (C=O) groups is 2. The maximum absolute atomic E-state index is 12.5. The van der Waals surface area contributed by atoms with E-state index in [1.54, 1.807) is 4.90 Å². The summed E-state index contributed by atoms with van der Waals surface area (Å²) in [6.45, 7) is 1.36. The molecular weight excluding hydrogens is 342 g/mol. The van der Waals surface area contributed by atoms with Crippen LogP contribution in [0.1, 0.15) is 18.4 Å². The highest BCUT2D eigenvalue weighted by Crippen LogP contribution is 2.14. The van der Waals surface area contributed by atoms with Gasteiger partial charge in [0.15, 0.2) is 0 Å². The van der Waals surface area contributed by atoms with Crippen LogP contribution in [0, 0.1) is 0 Å². The molecule has 3 rings (SSSR count). The second-order valence-electron chi connectivity index (χ2n) is 6.43. The normalized spacial score (nSPS) is 22.0. The van der Waals surface area contributed by atoms with Gasteiger partial charge in [0.2, 0.25) is 21.8 Å². The number of aryl methyl sites for hydroxylation is 1. The number of hydrogen-bond donors (Lipinski definition) is 1. The van der Waals surface area contributed by atoms with Crippen molar-refractivity contribution in [2.24, 2.45) is 0 Å². The molecule has 0 spiro atoms. The van der Waals surface area contributed by atoms with E-state index in [2.05, 4.69) is 5.32 Å². The van der Waals surface area contributed by atoms with Gasteiger partial charge in [-0.3, -0.25) is 9.59 Å². The minimum absolute atomic E-state index is 0.0731. The van der Waals surface area contributed by atoms with Crippen LogP contribution >= 0.6 is 0 Å². The van der Waals surface area contributed by atoms with Gasteiger partial charge in [0.25, 0.3) is 0 Å². The van der Waals surface area contributed by atoms with Gasteiger partial charge in [-0.2, -0.15) is 4.31 Å². The zero-order valence-corrected chi connectivity index (χ0v) is 14.9. The monoisotopic (exact) mass is 365 g/mol. The lowest BCUT2D eigenvalue weighted by Crippen LogP contribution is -2.54. The van der Waals surface area contributed by atoms with Crippen molar-refractivity contribution in [1.29, 1.82) is 0 Å². The first-order valence-corrected chi connectivity index (χ1v) is 10.2. The Hall–Kier alpha value is -1.93. The molecular formula is C17H23N3O4S. The number of hydrogen-bond acceptors (Lipinski definition) is 4. The summed E-state index contributed by atoms with van der Waals surface area (Å²) in [5.74, 6) is -0.128. The van der Waals surface area contributed by atoms with Gasteiger partial charge in [0.05, 0.1) is 5.75 Å². The van der Waals surface area contributed by atoms with E-state index in [1.807, 2.05) is 30.3 Å². The maximum Gasteiger partial charge on any atom is 0.245 e. The molecule has 25 heavy (non-hydrogen) atoms. The molecule has 0 bridgehead atoms. The summed E-state index contributed by atoms with van der Waals surface area (Å²) < 4.78 is 26.5. The molecule has 7 nitrogen and oxygen atoms in total. The van der Waals surface area contributed by atoms with Crippen LogP contribution in [0.5, 0.6) is 0 Å². The summed E-state index contributed by atoms with van der Waals surface area (Å²) in [5.41, 5.74) is 0.997. The summed E-state index contributed by atoms with van der Waals surface area (Å²) in [6, 6.07) is 9.08. The molecule has 2 fully saturated rings. The van der Waals surface area contributed by atoms with E-state index in [9.17, 15) is 18.0 Å². The van der Waals surface area contributed by atoms with E-state index in [1.165, 1.54) is 4.31 Å². The van der Waals surface area contributed by atoms with Crippen LogP contribution in [0.3, 0.4) is 0 Å². The molecule has 1 unspecified atom stereocenters. The van der Waals surface area contributed by atoms with Crippen LogP contribution < -0.4 is 5.32 Å². The number of carbonyl (C=O) groups excluding carboxylic acids is 2. The van der Waals surface area contributed by atoms with Crippen molar-refractivity contribution in [2.45, 2.75) is 25.3 Å². The number of sulfonamides is 1. The lowest BCUT2D eigenvalue weighted by Gasteiger charge is -2.35. The van der Waals surface area contributed by atoms with Crippen molar-refractivity contribution in [2.75, 3.05) is 31.9 Å². The van der Waals surface area contributed by atoms with Crippen molar-refractivity contribution in [1.82, 2.24) is 14.5 Å². The van der Waals surface area contributed by atoms with Crippen LogP contribution in [0.25, 0.3) is 0 Å². The lowest BCUT2D eigenvalue weighted by atomic mass is 10.2. The van der Waals surface area contributed by atoms with Crippen molar-refractivity contribution in [3.05, 3.63) is 35.9 Å². The van der Waals surface area contributed by atoms with Gasteiger partial charge in [0, 0.05) is 32.6 Å². The number of benzene rings is 1. The van der Waals surface area contributed by atoms with Crippen LogP contribution in [0.4, 0.5) is 0 Å². The van der Waals surface area contributed by atoms with E-state index < -0.39 is 16.1 Å². The average Bonchev–Trinajstić information content (AvgIpc) is 3.07. The Balaban J connectivity index is 1.51. The summed E-state index contributed by atoms with van der Waals surface area (Å²) in [4.78, 5) is 25.3. The highest BCUT2D eigenvalue weighted by molar-refractivity contribution is 7.89. The zero-order valence-electron chi connectivity index (χ0n) is 14.1. The third kappa shape index (κ3) is 4.38. The van der Waals surface area contributed by atoms with Crippen LogP contribution in [-0.4, -0.2) is 67.4 Å². The molecule has 1 aromatic rings. The van der Waals surface area contributed by atoms with Gasteiger partial charge < -0.3 is 10.2 Å². The summed E-state index contributed by atoms with van der Waals surface area (Å²) in [7, 11) is -3.33. The van der Waals surface area contributed by atoms with Gasteiger partial charge in [-0.15, -0.1) is 0 Å². The molecule has 1 aromatic carbocycles. The molecule has 8 heteroatoms. The van der Waals surface area contributed by atoms with Gasteiger partial charge in [-0.1, -0.05) is 30.3 Å². The fourth-order valence-electron chi connectivity index (χ4n) is 3.23. The topological polar surface area (TPSA) is 86.8 Å². The number of amides is 2. The molecule has 0 aliphatic carbocycles. The van der Waals surface area contributed by atoms with E-state index in [4.69, 9.17) is 0 Å². The second-order valence-corrected chi connectivity index (χ2v) is 8.52. The highest BCUT2D eigenvalue weighted by Gasteiger charge is 2.34. The minimum Gasteiger partial charge on any atom is -0.344 e. The molecule has 1 N–H and O–H groups in total. The SMILES string of the molecule is O=C1CCC(C(=O)N2CCN(S(=O)(=O)CCc3ccccc3)CC2)N1. The molecule has 2 aliphatic rings. The van der Waals surface area contributed by atoms with Crippen molar-refractivity contribution in [3.8, 4) is 0 Å². The first-order valence-electron chi connectivity index (χ1n) is 8.55. The maximum atomic E-state index is 12.5. The van der Waals surface area contributed by atoms with E-state index in [-0.39, 0.29) is 17.6 Å². The van der Waals surface area contributed by atoms with Gasteiger partial charge in [-0.05, 0) is 18.4 Å². The smallest absolute Gasteiger partial charge is 0.245 e. The molecule has 2 heterocycles. The third-order valence-corrected chi connectivity index (χ3v) is 6.60. The predicted octanol–water partition coefficient (Wildman–Crippen LogP) is -0.0183. The van der Waals surface area contributed by atoms with Crippen molar-refractivity contribution < 1.29 is 18.0 Å². The second kappa shape index (κ2) is 7.53. The Kier molecular flexibility index (Phi) is 5.39. The summed E-state index contributed by atoms with van der Waals surface area (Å²) in [6.07, 6.45) is 1.38. The summed E-state index contributed by atoms with van der Waals surface area (Å²) in [5, 5.41) is 2.67. The van der Waals surface area contributed by atoms with E-state index in [0.717, 1.165) is 5.56 Å². The van der Waals surface area contributed by atoms with Crippen molar-refractivity contribution >= 4 is 21.8 Å². The van der Waals surface area contributed by atoms with E-state index >= 15 is 0 Å². The first kappa shape index (κ1) is 17.9. The standard InChI is InChI=1S/C17H23N3O4S/c21-16-7-6-15(18-16)17(22)19-9-11-20(12-10-19)25(23,24)13-8-14-4-2-1-3-5-14/h1-5,15H,6-13H2,(H,18,21). The Morgan fingerprint density at radius 2 is 1.80 bits per heavy atom. The zero-order chi connectivity index (χ0) is 17.9. The molecule has 2 amide bonds. The number of nitrogens with zero attached hydrogens (tertiary/aromatic N) is 2.